The van der Waals surface area contributed by atoms with Gasteiger partial charge in [0.2, 0.25) is 0 Å². The molecule has 1 aliphatic heterocycles. The molecule has 33 heavy (non-hydrogen) atoms. The summed E-state index contributed by atoms with van der Waals surface area (Å²) in [7, 11) is 0. The van der Waals surface area contributed by atoms with E-state index in [0.29, 0.717) is 44.2 Å². The van der Waals surface area contributed by atoms with E-state index in [1.807, 2.05) is 24.3 Å². The number of hydrogen-bond acceptors (Lipinski definition) is 5. The van der Waals surface area contributed by atoms with Crippen molar-refractivity contribution in [2.24, 2.45) is 5.92 Å². The molecular formula is C24H30ClN5O3. The van der Waals surface area contributed by atoms with Crippen molar-refractivity contribution in [1.29, 1.82) is 0 Å². The minimum Gasteiger partial charge on any atom is -0.494 e. The van der Waals surface area contributed by atoms with Gasteiger partial charge in [-0.3, -0.25) is 10.1 Å². The van der Waals surface area contributed by atoms with Crippen molar-refractivity contribution in [3.63, 3.8) is 0 Å². The van der Waals surface area contributed by atoms with Gasteiger partial charge in [0.05, 0.1) is 6.61 Å². The molecule has 4 rings (SSSR count). The lowest BCUT2D eigenvalue weighted by molar-refractivity contribution is 0.0671. The molecule has 8 nitrogen and oxygen atoms in total. The highest BCUT2D eigenvalue weighted by atomic mass is 35.5. The van der Waals surface area contributed by atoms with Crippen molar-refractivity contribution < 1.29 is 14.3 Å². The second kappa shape index (κ2) is 11.3. The number of piperazine rings is 1. The highest BCUT2D eigenvalue weighted by molar-refractivity contribution is 6.29. The molecule has 2 aromatic rings. The Morgan fingerprint density at radius 3 is 2.55 bits per heavy atom. The zero-order valence-corrected chi connectivity index (χ0v) is 19.5. The zero-order valence-electron chi connectivity index (χ0n) is 18.7. The second-order valence-corrected chi connectivity index (χ2v) is 8.99. The van der Waals surface area contributed by atoms with E-state index in [4.69, 9.17) is 16.3 Å². The number of aromatic nitrogens is 2. The second-order valence-electron chi connectivity index (χ2n) is 8.60. The Balaban J connectivity index is 1.25. The van der Waals surface area contributed by atoms with Crippen LogP contribution in [0.3, 0.4) is 0 Å². The Morgan fingerprint density at radius 2 is 1.79 bits per heavy atom. The maximum Gasteiger partial charge on any atom is 0.323 e. The van der Waals surface area contributed by atoms with Gasteiger partial charge in [-0.15, -0.1) is 0 Å². The van der Waals surface area contributed by atoms with E-state index in [1.54, 1.807) is 9.80 Å². The van der Waals surface area contributed by atoms with Crippen LogP contribution in [-0.2, 0) is 0 Å². The Morgan fingerprint density at radius 1 is 1.03 bits per heavy atom. The third-order valence-corrected chi connectivity index (χ3v) is 6.53. The van der Waals surface area contributed by atoms with Gasteiger partial charge in [0.25, 0.3) is 5.91 Å². The van der Waals surface area contributed by atoms with Crippen LogP contribution >= 0.6 is 11.6 Å². The molecule has 0 atom stereocenters. The third-order valence-electron chi connectivity index (χ3n) is 6.32. The number of nitrogens with one attached hydrogen (secondary N) is 1. The molecule has 1 saturated heterocycles. The Bertz CT molecular complexity index is 959. The van der Waals surface area contributed by atoms with Gasteiger partial charge in [-0.05, 0) is 30.5 Å². The van der Waals surface area contributed by atoms with Gasteiger partial charge >= 0.3 is 6.03 Å². The molecule has 2 aliphatic rings. The van der Waals surface area contributed by atoms with Gasteiger partial charge in [0.15, 0.2) is 0 Å². The van der Waals surface area contributed by atoms with Crippen molar-refractivity contribution in [3.05, 3.63) is 47.4 Å². The molecular weight excluding hydrogens is 442 g/mol. The predicted molar refractivity (Wildman–Crippen MR) is 127 cm³/mol. The Kier molecular flexibility index (Phi) is 7.99. The Labute approximate surface area is 199 Å². The highest BCUT2D eigenvalue weighted by Crippen LogP contribution is 2.26. The van der Waals surface area contributed by atoms with Crippen LogP contribution in [0.1, 0.15) is 48.9 Å². The number of hydrogen-bond donors (Lipinski definition) is 1. The van der Waals surface area contributed by atoms with Crippen molar-refractivity contribution in [2.75, 3.05) is 38.1 Å². The largest absolute Gasteiger partial charge is 0.494 e. The molecule has 1 aromatic carbocycles. The maximum atomic E-state index is 13.0. The monoisotopic (exact) mass is 471 g/mol. The third kappa shape index (κ3) is 6.57. The predicted octanol–water partition coefficient (Wildman–Crippen LogP) is 4.47. The first kappa shape index (κ1) is 23.3. The highest BCUT2D eigenvalue weighted by Gasteiger charge is 2.25. The first-order valence-electron chi connectivity index (χ1n) is 11.6. The first-order chi connectivity index (χ1) is 16.1. The fraction of sp³-hybridized carbons (Fsp3) is 0.500. The molecule has 1 saturated carbocycles. The summed E-state index contributed by atoms with van der Waals surface area (Å²) in [5.41, 5.74) is 0.610. The summed E-state index contributed by atoms with van der Waals surface area (Å²) in [4.78, 5) is 36.7. The van der Waals surface area contributed by atoms with E-state index in [9.17, 15) is 9.59 Å². The molecule has 0 radical (unpaired) electrons. The summed E-state index contributed by atoms with van der Waals surface area (Å²) in [6, 6.07) is 8.61. The van der Waals surface area contributed by atoms with Gasteiger partial charge in [-0.1, -0.05) is 49.8 Å². The van der Waals surface area contributed by atoms with Gasteiger partial charge in [-0.2, -0.15) is 0 Å². The van der Waals surface area contributed by atoms with Crippen LogP contribution in [0.2, 0.25) is 5.15 Å². The molecule has 2 fully saturated rings. The topological polar surface area (TPSA) is 87.7 Å². The molecule has 2 heterocycles. The van der Waals surface area contributed by atoms with Gasteiger partial charge < -0.3 is 14.5 Å². The lowest BCUT2D eigenvalue weighted by Crippen LogP contribution is -2.51. The number of amides is 3. The number of urea groups is 1. The lowest BCUT2D eigenvalue weighted by Gasteiger charge is -2.34. The molecule has 1 N–H and O–H groups in total. The van der Waals surface area contributed by atoms with Gasteiger partial charge in [-0.25, -0.2) is 14.8 Å². The normalized spacial score (nSPS) is 17.0. The standard InChI is InChI=1S/C24H30ClN5O3/c25-21-16-22(27-17-26-21)28-24(32)30-12-10-29(11-13-30)23(31)19-7-4-8-20(15-19)33-14-9-18-5-2-1-3-6-18/h4,7-8,15-18H,1-3,5-6,9-14H2,(H,26,27,28,32). The summed E-state index contributed by atoms with van der Waals surface area (Å²) >= 11 is 5.83. The molecule has 9 heteroatoms. The number of benzene rings is 1. The Hall–Kier alpha value is -2.87. The van der Waals surface area contributed by atoms with E-state index < -0.39 is 0 Å². The van der Waals surface area contributed by atoms with Crippen LogP contribution < -0.4 is 10.1 Å². The molecule has 176 valence electrons. The fourth-order valence-electron chi connectivity index (χ4n) is 4.42. The lowest BCUT2D eigenvalue weighted by atomic mass is 9.87. The molecule has 0 unspecified atom stereocenters. The zero-order chi connectivity index (χ0) is 23.0. The van der Waals surface area contributed by atoms with Crippen molar-refractivity contribution >= 4 is 29.4 Å². The molecule has 1 aliphatic carbocycles. The van der Waals surface area contributed by atoms with Crippen LogP contribution in [0.4, 0.5) is 10.6 Å². The van der Waals surface area contributed by atoms with Crippen LogP contribution in [0.25, 0.3) is 0 Å². The summed E-state index contributed by atoms with van der Waals surface area (Å²) < 4.78 is 5.95. The van der Waals surface area contributed by atoms with E-state index in [0.717, 1.165) is 18.1 Å². The van der Waals surface area contributed by atoms with Gasteiger partial charge in [0.1, 0.15) is 23.0 Å². The summed E-state index contributed by atoms with van der Waals surface area (Å²) in [6.07, 6.45) is 9.00. The average molecular weight is 472 g/mol. The number of carbonyl (C=O) groups excluding carboxylic acids is 2. The van der Waals surface area contributed by atoms with E-state index in [-0.39, 0.29) is 17.1 Å². The van der Waals surface area contributed by atoms with Crippen LogP contribution in [0.5, 0.6) is 5.75 Å². The molecule has 3 amide bonds. The number of rotatable bonds is 6. The van der Waals surface area contributed by atoms with Gasteiger partial charge in [0, 0.05) is 37.8 Å². The molecule has 0 bridgehead atoms. The van der Waals surface area contributed by atoms with Crippen LogP contribution in [-0.4, -0.2) is 64.5 Å². The van der Waals surface area contributed by atoms with Crippen LogP contribution in [0.15, 0.2) is 36.7 Å². The average Bonchev–Trinajstić information content (AvgIpc) is 2.84. The quantitative estimate of drug-likeness (QED) is 0.628. The van der Waals surface area contributed by atoms with Crippen molar-refractivity contribution in [2.45, 2.75) is 38.5 Å². The summed E-state index contributed by atoms with van der Waals surface area (Å²) in [5.74, 6) is 1.80. The fourth-order valence-corrected chi connectivity index (χ4v) is 4.57. The number of halogens is 1. The van der Waals surface area contributed by atoms with E-state index in [2.05, 4.69) is 15.3 Å². The number of nitrogens with zero attached hydrogens (tertiary/aromatic N) is 4. The first-order valence-corrected chi connectivity index (χ1v) is 12.0. The van der Waals surface area contributed by atoms with Crippen molar-refractivity contribution in [3.8, 4) is 5.75 Å². The molecule has 1 aromatic heterocycles. The van der Waals surface area contributed by atoms with Crippen molar-refractivity contribution in [1.82, 2.24) is 19.8 Å². The number of ether oxygens (including phenoxy) is 1. The number of anilines is 1. The van der Waals surface area contributed by atoms with E-state index in [1.165, 1.54) is 44.5 Å². The summed E-state index contributed by atoms with van der Waals surface area (Å²) in [5, 5.41) is 2.97. The minimum atomic E-state index is -0.273. The number of carbonyl (C=O) groups is 2. The molecule has 0 spiro atoms. The van der Waals surface area contributed by atoms with E-state index >= 15 is 0 Å². The minimum absolute atomic E-state index is 0.0460. The maximum absolute atomic E-state index is 13.0. The smallest absolute Gasteiger partial charge is 0.323 e. The van der Waals surface area contributed by atoms with Crippen LogP contribution in [0, 0.1) is 5.92 Å². The summed E-state index contributed by atoms with van der Waals surface area (Å²) in [6.45, 7) is 2.49. The SMILES string of the molecule is O=C(Nc1cc(Cl)ncn1)N1CCN(C(=O)c2cccc(OCCC3CCCCC3)c2)CC1.